The van der Waals surface area contributed by atoms with Crippen LogP contribution in [0.2, 0.25) is 5.02 Å². The highest BCUT2D eigenvalue weighted by Crippen LogP contribution is 2.30. The molecule has 0 saturated carbocycles. The molecule has 0 amide bonds. The van der Waals surface area contributed by atoms with Gasteiger partial charge in [0, 0.05) is 17.6 Å². The van der Waals surface area contributed by atoms with E-state index in [0.29, 0.717) is 6.04 Å². The Balaban J connectivity index is 2.13. The number of hydrogen-bond acceptors (Lipinski definition) is 1. The molecule has 1 saturated heterocycles. The molecule has 1 fully saturated rings. The van der Waals surface area contributed by atoms with Crippen LogP contribution in [0.15, 0.2) is 24.3 Å². The molecule has 1 aromatic carbocycles. The fourth-order valence-electron chi connectivity index (χ4n) is 3.03. The predicted octanol–water partition coefficient (Wildman–Crippen LogP) is 4.91. The Hall–Kier alpha value is -0.530. The van der Waals surface area contributed by atoms with Crippen molar-refractivity contribution >= 4 is 11.6 Å². The van der Waals surface area contributed by atoms with E-state index in [1.54, 1.807) is 0 Å². The molecule has 0 N–H and O–H groups in total. The molecule has 1 aromatic rings. The maximum Gasteiger partial charge on any atom is 0.0406 e. The summed E-state index contributed by atoms with van der Waals surface area (Å²) < 4.78 is 0. The van der Waals surface area contributed by atoms with Gasteiger partial charge in [-0.05, 0) is 49.4 Å². The van der Waals surface area contributed by atoms with Gasteiger partial charge in [-0.25, -0.2) is 0 Å². The lowest BCUT2D eigenvalue weighted by atomic mass is 9.94. The van der Waals surface area contributed by atoms with Gasteiger partial charge in [0.1, 0.15) is 0 Å². The quantitative estimate of drug-likeness (QED) is 0.747. The van der Waals surface area contributed by atoms with Crippen LogP contribution < -0.4 is 0 Å². The van der Waals surface area contributed by atoms with Crippen LogP contribution in [0.25, 0.3) is 0 Å². The zero-order valence-electron chi connectivity index (χ0n) is 11.5. The average Bonchev–Trinajstić information content (AvgIpc) is 2.37. The molecular formula is C16H24ClN. The lowest BCUT2D eigenvalue weighted by Gasteiger charge is -2.37. The second kappa shape index (κ2) is 6.58. The Bertz CT molecular complexity index is 360. The normalized spacial score (nSPS) is 22.9. The van der Waals surface area contributed by atoms with E-state index in [9.17, 15) is 0 Å². The van der Waals surface area contributed by atoms with Crippen LogP contribution in [-0.2, 0) is 0 Å². The second-order valence-electron chi connectivity index (χ2n) is 5.60. The Morgan fingerprint density at radius 3 is 2.67 bits per heavy atom. The molecule has 1 heterocycles. The van der Waals surface area contributed by atoms with E-state index in [-0.39, 0.29) is 0 Å². The lowest BCUT2D eigenvalue weighted by molar-refractivity contribution is 0.123. The minimum Gasteiger partial charge on any atom is -0.296 e. The summed E-state index contributed by atoms with van der Waals surface area (Å²) in [7, 11) is 0. The van der Waals surface area contributed by atoms with Gasteiger partial charge in [0.2, 0.25) is 0 Å². The maximum atomic E-state index is 5.99. The van der Waals surface area contributed by atoms with E-state index < -0.39 is 0 Å². The molecule has 0 aromatic heterocycles. The molecule has 0 spiro atoms. The van der Waals surface area contributed by atoms with Crippen LogP contribution in [0.3, 0.4) is 0 Å². The summed E-state index contributed by atoms with van der Waals surface area (Å²) in [4.78, 5) is 2.67. The number of piperidine rings is 1. The molecule has 2 rings (SSSR count). The van der Waals surface area contributed by atoms with Crippen molar-refractivity contribution in [2.75, 3.05) is 13.1 Å². The van der Waals surface area contributed by atoms with Crippen molar-refractivity contribution in [2.45, 2.75) is 45.6 Å². The number of benzene rings is 1. The minimum atomic E-state index is 0.579. The summed E-state index contributed by atoms with van der Waals surface area (Å²) in [5, 5.41) is 0.834. The molecule has 2 atom stereocenters. The number of likely N-dealkylation sites (tertiary alicyclic amines) is 1. The highest BCUT2D eigenvalue weighted by atomic mass is 35.5. The first-order chi connectivity index (χ1) is 8.70. The van der Waals surface area contributed by atoms with Crippen molar-refractivity contribution in [1.82, 2.24) is 4.90 Å². The molecule has 2 heteroatoms. The fourth-order valence-corrected chi connectivity index (χ4v) is 3.15. The Kier molecular flexibility index (Phi) is 5.08. The van der Waals surface area contributed by atoms with Crippen molar-refractivity contribution in [2.24, 2.45) is 5.92 Å². The summed E-state index contributed by atoms with van der Waals surface area (Å²) in [6.45, 7) is 7.14. The van der Waals surface area contributed by atoms with Crippen molar-refractivity contribution in [1.29, 1.82) is 0 Å². The molecule has 1 nitrogen and oxygen atoms in total. The first-order valence-electron chi connectivity index (χ1n) is 7.20. The number of nitrogens with zero attached hydrogens (tertiary/aromatic N) is 1. The van der Waals surface area contributed by atoms with Crippen LogP contribution in [0.5, 0.6) is 0 Å². The van der Waals surface area contributed by atoms with Gasteiger partial charge in [-0.2, -0.15) is 0 Å². The summed E-state index contributed by atoms with van der Waals surface area (Å²) in [5.41, 5.74) is 1.43. The van der Waals surface area contributed by atoms with Gasteiger partial charge in [0.05, 0.1) is 0 Å². The number of halogens is 1. The van der Waals surface area contributed by atoms with E-state index in [1.165, 1.54) is 44.3 Å². The molecule has 100 valence electrons. The van der Waals surface area contributed by atoms with Crippen LogP contribution >= 0.6 is 11.6 Å². The summed E-state index contributed by atoms with van der Waals surface area (Å²) in [6.07, 6.45) is 5.21. The lowest BCUT2D eigenvalue weighted by Crippen LogP contribution is -2.37. The van der Waals surface area contributed by atoms with E-state index in [4.69, 9.17) is 11.6 Å². The van der Waals surface area contributed by atoms with Crippen LogP contribution in [0, 0.1) is 5.92 Å². The molecule has 18 heavy (non-hydrogen) atoms. The fraction of sp³-hybridized carbons (Fsp3) is 0.625. The smallest absolute Gasteiger partial charge is 0.0406 e. The molecule has 0 radical (unpaired) electrons. The SMILES string of the molecule is CCC[C@@H](c1ccc(Cl)cc1)N1CCC[C@H](C)C1. The third-order valence-electron chi connectivity index (χ3n) is 3.95. The van der Waals surface area contributed by atoms with Crippen molar-refractivity contribution < 1.29 is 0 Å². The molecular weight excluding hydrogens is 242 g/mol. The Labute approximate surface area is 116 Å². The zero-order valence-corrected chi connectivity index (χ0v) is 12.3. The van der Waals surface area contributed by atoms with Crippen molar-refractivity contribution in [3.05, 3.63) is 34.9 Å². The summed E-state index contributed by atoms with van der Waals surface area (Å²) >= 11 is 5.99. The maximum absolute atomic E-state index is 5.99. The third kappa shape index (κ3) is 3.49. The monoisotopic (exact) mass is 265 g/mol. The standard InChI is InChI=1S/C16H24ClN/c1-3-5-16(14-7-9-15(17)10-8-14)18-11-4-6-13(2)12-18/h7-10,13,16H,3-6,11-12H2,1-2H3/t13-,16-/m0/s1. The molecule has 0 bridgehead atoms. The first-order valence-corrected chi connectivity index (χ1v) is 7.58. The summed E-state index contributed by atoms with van der Waals surface area (Å²) in [5.74, 6) is 0.838. The van der Waals surface area contributed by atoms with Crippen molar-refractivity contribution in [3.8, 4) is 0 Å². The molecule has 0 aliphatic carbocycles. The van der Waals surface area contributed by atoms with E-state index in [2.05, 4.69) is 30.9 Å². The van der Waals surface area contributed by atoms with Crippen LogP contribution in [0.1, 0.15) is 51.1 Å². The Morgan fingerprint density at radius 2 is 2.06 bits per heavy atom. The molecule has 1 aliphatic rings. The van der Waals surface area contributed by atoms with Crippen molar-refractivity contribution in [3.63, 3.8) is 0 Å². The van der Waals surface area contributed by atoms with Crippen LogP contribution in [0.4, 0.5) is 0 Å². The number of rotatable bonds is 4. The van der Waals surface area contributed by atoms with Gasteiger partial charge >= 0.3 is 0 Å². The van der Waals surface area contributed by atoms with Gasteiger partial charge in [0.25, 0.3) is 0 Å². The van der Waals surface area contributed by atoms with Gasteiger partial charge in [-0.1, -0.05) is 44.0 Å². The van der Waals surface area contributed by atoms with Crippen LogP contribution in [-0.4, -0.2) is 18.0 Å². The van der Waals surface area contributed by atoms with E-state index in [1.807, 2.05) is 12.1 Å². The predicted molar refractivity (Wildman–Crippen MR) is 79.1 cm³/mol. The molecule has 0 unspecified atom stereocenters. The second-order valence-corrected chi connectivity index (χ2v) is 6.03. The molecule has 1 aliphatic heterocycles. The first kappa shape index (κ1) is 13.9. The van der Waals surface area contributed by atoms with Gasteiger partial charge in [0.15, 0.2) is 0 Å². The largest absolute Gasteiger partial charge is 0.296 e. The highest BCUT2D eigenvalue weighted by Gasteiger charge is 2.24. The highest BCUT2D eigenvalue weighted by molar-refractivity contribution is 6.30. The van der Waals surface area contributed by atoms with E-state index in [0.717, 1.165) is 10.9 Å². The zero-order chi connectivity index (χ0) is 13.0. The number of hydrogen-bond donors (Lipinski definition) is 0. The van der Waals surface area contributed by atoms with E-state index >= 15 is 0 Å². The average molecular weight is 266 g/mol. The van der Waals surface area contributed by atoms with Gasteiger partial charge in [-0.15, -0.1) is 0 Å². The summed E-state index contributed by atoms with van der Waals surface area (Å²) in [6, 6.07) is 9.01. The van der Waals surface area contributed by atoms with Gasteiger partial charge < -0.3 is 0 Å². The third-order valence-corrected chi connectivity index (χ3v) is 4.20. The van der Waals surface area contributed by atoms with Gasteiger partial charge in [-0.3, -0.25) is 4.90 Å². The minimum absolute atomic E-state index is 0.579. The Morgan fingerprint density at radius 1 is 1.33 bits per heavy atom. The topological polar surface area (TPSA) is 3.24 Å².